The SMILES string of the molecule is NCc1ccnc(-c2cc3cc(Br)ccc3s2)c1. The zero-order valence-electron chi connectivity index (χ0n) is 9.56. The van der Waals surface area contributed by atoms with E-state index in [4.69, 9.17) is 5.73 Å². The monoisotopic (exact) mass is 318 g/mol. The fourth-order valence-electron chi connectivity index (χ4n) is 1.88. The van der Waals surface area contributed by atoms with Gasteiger partial charge in [-0.15, -0.1) is 11.3 Å². The van der Waals surface area contributed by atoms with E-state index in [0.717, 1.165) is 15.7 Å². The van der Waals surface area contributed by atoms with Crippen molar-refractivity contribution in [2.75, 3.05) is 0 Å². The Kier molecular flexibility index (Phi) is 3.16. The number of fused-ring (bicyclic) bond motifs is 1. The average molecular weight is 319 g/mol. The molecule has 0 radical (unpaired) electrons. The van der Waals surface area contributed by atoms with Gasteiger partial charge in [0.05, 0.1) is 10.6 Å². The van der Waals surface area contributed by atoms with Gasteiger partial charge in [0.25, 0.3) is 0 Å². The molecule has 1 aromatic carbocycles. The van der Waals surface area contributed by atoms with Crippen molar-refractivity contribution in [3.05, 3.63) is 52.6 Å². The number of pyridine rings is 1. The van der Waals surface area contributed by atoms with Crippen molar-refractivity contribution in [2.45, 2.75) is 6.54 Å². The van der Waals surface area contributed by atoms with E-state index in [9.17, 15) is 0 Å². The van der Waals surface area contributed by atoms with Crippen LogP contribution in [0.5, 0.6) is 0 Å². The van der Waals surface area contributed by atoms with Gasteiger partial charge in [-0.2, -0.15) is 0 Å². The first-order valence-corrected chi connectivity index (χ1v) is 7.22. The summed E-state index contributed by atoms with van der Waals surface area (Å²) in [6.45, 7) is 0.548. The lowest BCUT2D eigenvalue weighted by atomic mass is 10.2. The molecule has 3 rings (SSSR count). The summed E-state index contributed by atoms with van der Waals surface area (Å²) < 4.78 is 2.37. The van der Waals surface area contributed by atoms with Crippen molar-refractivity contribution in [1.82, 2.24) is 4.98 Å². The molecular formula is C14H11BrN2S. The van der Waals surface area contributed by atoms with Crippen LogP contribution in [0.4, 0.5) is 0 Å². The van der Waals surface area contributed by atoms with Crippen molar-refractivity contribution < 1.29 is 0 Å². The summed E-state index contributed by atoms with van der Waals surface area (Å²) in [7, 11) is 0. The molecular weight excluding hydrogens is 308 g/mol. The second-order valence-corrected chi connectivity index (χ2v) is 6.05. The molecule has 2 N–H and O–H groups in total. The molecule has 2 heterocycles. The molecule has 0 aliphatic rings. The summed E-state index contributed by atoms with van der Waals surface area (Å²) in [5.41, 5.74) is 7.77. The van der Waals surface area contributed by atoms with Gasteiger partial charge in [0.2, 0.25) is 0 Å². The fraction of sp³-hybridized carbons (Fsp3) is 0.0714. The third kappa shape index (κ3) is 2.19. The maximum absolute atomic E-state index is 5.66. The first kappa shape index (κ1) is 11.8. The third-order valence-electron chi connectivity index (χ3n) is 2.79. The van der Waals surface area contributed by atoms with E-state index in [0.29, 0.717) is 6.54 Å². The van der Waals surface area contributed by atoms with Gasteiger partial charge in [0.15, 0.2) is 0 Å². The van der Waals surface area contributed by atoms with Gasteiger partial charge in [0, 0.05) is 21.9 Å². The highest BCUT2D eigenvalue weighted by atomic mass is 79.9. The molecule has 0 aliphatic carbocycles. The molecule has 18 heavy (non-hydrogen) atoms. The van der Waals surface area contributed by atoms with E-state index in [1.54, 1.807) is 11.3 Å². The number of nitrogens with two attached hydrogens (primary N) is 1. The molecule has 0 spiro atoms. The van der Waals surface area contributed by atoms with E-state index in [1.165, 1.54) is 15.0 Å². The number of hydrogen-bond acceptors (Lipinski definition) is 3. The summed E-state index contributed by atoms with van der Waals surface area (Å²) in [5, 5.41) is 1.24. The second kappa shape index (κ2) is 4.80. The first-order chi connectivity index (χ1) is 8.76. The molecule has 0 amide bonds. The maximum atomic E-state index is 5.66. The lowest BCUT2D eigenvalue weighted by molar-refractivity contribution is 1.06. The quantitative estimate of drug-likeness (QED) is 0.769. The molecule has 2 nitrogen and oxygen atoms in total. The van der Waals surface area contributed by atoms with Crippen LogP contribution in [0.2, 0.25) is 0 Å². The highest BCUT2D eigenvalue weighted by Crippen LogP contribution is 2.34. The lowest BCUT2D eigenvalue weighted by Crippen LogP contribution is -1.96. The Morgan fingerprint density at radius 2 is 2.06 bits per heavy atom. The Hall–Kier alpha value is -1.23. The van der Waals surface area contributed by atoms with Gasteiger partial charge in [-0.05, 0) is 47.3 Å². The summed E-state index contributed by atoms with van der Waals surface area (Å²) in [6, 6.07) is 12.5. The van der Waals surface area contributed by atoms with Crippen molar-refractivity contribution in [1.29, 1.82) is 0 Å². The highest BCUT2D eigenvalue weighted by Gasteiger charge is 2.06. The molecule has 4 heteroatoms. The molecule has 0 unspecified atom stereocenters. The number of rotatable bonds is 2. The van der Waals surface area contributed by atoms with Crippen LogP contribution in [0.15, 0.2) is 47.1 Å². The average Bonchev–Trinajstić information content (AvgIpc) is 2.81. The predicted octanol–water partition coefficient (Wildman–Crippen LogP) is 4.18. The van der Waals surface area contributed by atoms with Crippen LogP contribution in [0, 0.1) is 0 Å². The Morgan fingerprint density at radius 1 is 1.17 bits per heavy atom. The normalized spacial score (nSPS) is 11.0. The van der Waals surface area contributed by atoms with E-state index in [2.05, 4.69) is 51.2 Å². The predicted molar refractivity (Wildman–Crippen MR) is 80.6 cm³/mol. The Labute approximate surface area is 118 Å². The van der Waals surface area contributed by atoms with E-state index >= 15 is 0 Å². The van der Waals surface area contributed by atoms with Crippen LogP contribution in [-0.2, 0) is 6.54 Å². The number of benzene rings is 1. The van der Waals surface area contributed by atoms with Crippen molar-refractivity contribution >= 4 is 37.4 Å². The lowest BCUT2D eigenvalue weighted by Gasteiger charge is -1.99. The second-order valence-electron chi connectivity index (χ2n) is 4.05. The summed E-state index contributed by atoms with van der Waals surface area (Å²) in [6.07, 6.45) is 1.82. The summed E-state index contributed by atoms with van der Waals surface area (Å²) in [4.78, 5) is 5.60. The highest BCUT2D eigenvalue weighted by molar-refractivity contribution is 9.10. The van der Waals surface area contributed by atoms with Crippen LogP contribution < -0.4 is 5.73 Å². The third-order valence-corrected chi connectivity index (χ3v) is 4.42. The number of aromatic nitrogens is 1. The molecule has 3 aromatic rings. The Balaban J connectivity index is 2.13. The molecule has 0 atom stereocenters. The Bertz CT molecular complexity index is 706. The largest absolute Gasteiger partial charge is 0.326 e. The summed E-state index contributed by atoms with van der Waals surface area (Å²) >= 11 is 5.25. The standard InChI is InChI=1S/C14H11BrN2S/c15-11-1-2-13-10(6-11)7-14(18-13)12-5-9(8-16)3-4-17-12/h1-7H,8,16H2. The van der Waals surface area contributed by atoms with E-state index in [1.807, 2.05) is 12.3 Å². The molecule has 0 saturated heterocycles. The van der Waals surface area contributed by atoms with Gasteiger partial charge >= 0.3 is 0 Å². The van der Waals surface area contributed by atoms with Gasteiger partial charge in [-0.25, -0.2) is 0 Å². The molecule has 0 bridgehead atoms. The smallest absolute Gasteiger partial charge is 0.0805 e. The van der Waals surface area contributed by atoms with Crippen molar-refractivity contribution in [2.24, 2.45) is 5.73 Å². The maximum Gasteiger partial charge on any atom is 0.0805 e. The van der Waals surface area contributed by atoms with Gasteiger partial charge < -0.3 is 5.73 Å². The topological polar surface area (TPSA) is 38.9 Å². The molecule has 0 aliphatic heterocycles. The van der Waals surface area contributed by atoms with Crippen LogP contribution >= 0.6 is 27.3 Å². The zero-order valence-corrected chi connectivity index (χ0v) is 12.0. The molecule has 90 valence electrons. The number of halogens is 1. The minimum Gasteiger partial charge on any atom is -0.326 e. The molecule has 2 aromatic heterocycles. The minimum absolute atomic E-state index is 0.548. The summed E-state index contributed by atoms with van der Waals surface area (Å²) in [5.74, 6) is 0. The van der Waals surface area contributed by atoms with Crippen LogP contribution in [-0.4, -0.2) is 4.98 Å². The van der Waals surface area contributed by atoms with Crippen LogP contribution in [0.3, 0.4) is 0 Å². The molecule has 0 fully saturated rings. The molecule has 0 saturated carbocycles. The number of thiophene rings is 1. The van der Waals surface area contributed by atoms with Gasteiger partial charge in [0.1, 0.15) is 0 Å². The van der Waals surface area contributed by atoms with Crippen molar-refractivity contribution in [3.63, 3.8) is 0 Å². The number of hydrogen-bond donors (Lipinski definition) is 1. The van der Waals surface area contributed by atoms with Crippen LogP contribution in [0.1, 0.15) is 5.56 Å². The zero-order chi connectivity index (χ0) is 12.5. The van der Waals surface area contributed by atoms with E-state index < -0.39 is 0 Å². The van der Waals surface area contributed by atoms with E-state index in [-0.39, 0.29) is 0 Å². The fourth-order valence-corrected chi connectivity index (χ4v) is 3.27. The van der Waals surface area contributed by atoms with Gasteiger partial charge in [-0.3, -0.25) is 4.98 Å². The Morgan fingerprint density at radius 3 is 2.89 bits per heavy atom. The first-order valence-electron chi connectivity index (χ1n) is 5.61. The van der Waals surface area contributed by atoms with Crippen molar-refractivity contribution in [3.8, 4) is 10.6 Å². The minimum atomic E-state index is 0.548. The number of nitrogens with zero attached hydrogens (tertiary/aromatic N) is 1. The van der Waals surface area contributed by atoms with Crippen LogP contribution in [0.25, 0.3) is 20.7 Å². The van der Waals surface area contributed by atoms with Gasteiger partial charge in [-0.1, -0.05) is 15.9 Å².